The number of pyridine rings is 1. The summed E-state index contributed by atoms with van der Waals surface area (Å²) in [6.45, 7) is 5.50. The number of hydrogen-bond acceptors (Lipinski definition) is 9. The highest BCUT2D eigenvalue weighted by molar-refractivity contribution is 5.96. The SMILES string of the molecule is C[C@@H]1CN(C(=O)C2CCN(c3c(F)cncc3NC(=O)C3C(N)NN4CC(F)CNC34)CC2)CCN1. The first-order valence-electron chi connectivity index (χ1n) is 12.7. The summed E-state index contributed by atoms with van der Waals surface area (Å²) >= 11 is 0. The van der Waals surface area contributed by atoms with Crippen LogP contribution in [-0.2, 0) is 9.59 Å². The lowest BCUT2D eigenvalue weighted by Gasteiger charge is -2.38. The van der Waals surface area contributed by atoms with Gasteiger partial charge in [0.15, 0.2) is 5.82 Å². The molecule has 2 amide bonds. The van der Waals surface area contributed by atoms with Gasteiger partial charge in [-0.15, -0.1) is 0 Å². The van der Waals surface area contributed by atoms with E-state index in [2.05, 4.69) is 33.3 Å². The number of alkyl halides is 1. The van der Waals surface area contributed by atoms with Gasteiger partial charge in [0.2, 0.25) is 11.8 Å². The molecule has 0 spiro atoms. The van der Waals surface area contributed by atoms with Crippen LogP contribution in [-0.4, -0.2) is 97.1 Å². The molecule has 1 aromatic heterocycles. The van der Waals surface area contributed by atoms with Gasteiger partial charge in [0, 0.05) is 57.8 Å². The Balaban J connectivity index is 1.25. The predicted molar refractivity (Wildman–Crippen MR) is 130 cm³/mol. The Kier molecular flexibility index (Phi) is 7.35. The van der Waals surface area contributed by atoms with E-state index in [1.165, 1.54) is 6.20 Å². The molecule has 4 unspecified atom stereocenters. The second kappa shape index (κ2) is 10.5. The van der Waals surface area contributed by atoms with Gasteiger partial charge in [-0.1, -0.05) is 0 Å². The molecular weight excluding hydrogens is 472 g/mol. The third-order valence-electron chi connectivity index (χ3n) is 7.60. The number of amides is 2. The molecule has 0 saturated carbocycles. The van der Waals surface area contributed by atoms with Gasteiger partial charge in [0.1, 0.15) is 11.9 Å². The summed E-state index contributed by atoms with van der Waals surface area (Å²) in [5.41, 5.74) is 9.61. The molecular formula is C23H35F2N9O2. The van der Waals surface area contributed by atoms with E-state index >= 15 is 4.39 Å². The van der Waals surface area contributed by atoms with Crippen LogP contribution >= 0.6 is 0 Å². The fraction of sp³-hybridized carbons (Fsp3) is 0.696. The maximum absolute atomic E-state index is 15.0. The summed E-state index contributed by atoms with van der Waals surface area (Å²) in [7, 11) is 0. The van der Waals surface area contributed by atoms with Gasteiger partial charge in [-0.25, -0.2) is 19.2 Å². The van der Waals surface area contributed by atoms with Crippen LogP contribution in [0.1, 0.15) is 19.8 Å². The molecule has 4 fully saturated rings. The van der Waals surface area contributed by atoms with Crippen molar-refractivity contribution in [3.05, 3.63) is 18.2 Å². The zero-order chi connectivity index (χ0) is 25.4. The molecule has 0 radical (unpaired) electrons. The Labute approximate surface area is 209 Å². The van der Waals surface area contributed by atoms with Gasteiger partial charge in [-0.2, -0.15) is 0 Å². The minimum absolute atomic E-state index is 0.0975. The summed E-state index contributed by atoms with van der Waals surface area (Å²) in [5, 5.41) is 10.8. The number of piperidine rings is 1. The smallest absolute Gasteiger partial charge is 0.233 e. The average molecular weight is 508 g/mol. The standard InChI is InChI=1S/C23H35F2N9O2/c1-13-11-33(7-4-28-13)23(36)14-2-5-32(6-3-14)19-16(25)9-27-10-17(19)30-22(35)18-20(26)31-34-12-15(24)8-29-21(18)34/h9-10,13-15,18,20-21,28-29,31H,2-8,11-12,26H2,1H3,(H,30,35)/t13-,15?,18?,20?,21?/m1/s1. The van der Waals surface area contributed by atoms with Gasteiger partial charge in [0.05, 0.1) is 36.3 Å². The number of nitrogens with zero attached hydrogens (tertiary/aromatic N) is 4. The lowest BCUT2D eigenvalue weighted by Crippen LogP contribution is -2.58. The second-order valence-electron chi connectivity index (χ2n) is 10.2. The number of fused-ring (bicyclic) bond motifs is 1. The quantitative estimate of drug-likeness (QED) is 0.355. The van der Waals surface area contributed by atoms with E-state index in [0.29, 0.717) is 39.0 Å². The number of nitrogens with two attached hydrogens (primary N) is 1. The highest BCUT2D eigenvalue weighted by Gasteiger charge is 2.47. The van der Waals surface area contributed by atoms with Crippen LogP contribution in [0.5, 0.6) is 0 Å². The summed E-state index contributed by atoms with van der Waals surface area (Å²) in [4.78, 5) is 34.0. The third-order valence-corrected chi connectivity index (χ3v) is 7.60. The normalized spacial score (nSPS) is 31.8. The summed E-state index contributed by atoms with van der Waals surface area (Å²) in [6.07, 6.45) is 1.52. The molecule has 4 aliphatic rings. The number of piperazine rings is 1. The molecule has 6 N–H and O–H groups in total. The zero-order valence-electron chi connectivity index (χ0n) is 20.4. The largest absolute Gasteiger partial charge is 0.367 e. The van der Waals surface area contributed by atoms with Gasteiger partial charge in [-0.05, 0) is 19.8 Å². The molecule has 1 aromatic rings. The van der Waals surface area contributed by atoms with E-state index in [9.17, 15) is 14.0 Å². The third kappa shape index (κ3) is 5.02. The molecule has 5 atom stereocenters. The summed E-state index contributed by atoms with van der Waals surface area (Å²) in [6, 6.07) is 0.275. The lowest BCUT2D eigenvalue weighted by atomic mass is 9.94. The number of hydrogen-bond donors (Lipinski definition) is 5. The van der Waals surface area contributed by atoms with Crippen molar-refractivity contribution in [2.24, 2.45) is 17.6 Å². The summed E-state index contributed by atoms with van der Waals surface area (Å²) < 4.78 is 28.8. The number of nitrogens with one attached hydrogen (secondary N) is 4. The van der Waals surface area contributed by atoms with E-state index in [1.54, 1.807) is 5.01 Å². The fourth-order valence-corrected chi connectivity index (χ4v) is 5.78. The van der Waals surface area contributed by atoms with Gasteiger partial charge < -0.3 is 26.2 Å². The van der Waals surface area contributed by atoms with Crippen LogP contribution in [0.2, 0.25) is 0 Å². The van der Waals surface area contributed by atoms with Crippen LogP contribution < -0.4 is 32.0 Å². The molecule has 5 rings (SSSR count). The highest BCUT2D eigenvalue weighted by Crippen LogP contribution is 2.33. The first-order valence-corrected chi connectivity index (χ1v) is 12.7. The van der Waals surface area contributed by atoms with Crippen molar-refractivity contribution >= 4 is 23.2 Å². The number of anilines is 2. The summed E-state index contributed by atoms with van der Waals surface area (Å²) in [5.74, 6) is -1.59. The number of carbonyl (C=O) groups is 2. The van der Waals surface area contributed by atoms with Crippen LogP contribution in [0.3, 0.4) is 0 Å². The maximum atomic E-state index is 15.0. The Morgan fingerprint density at radius 1 is 1.17 bits per heavy atom. The number of rotatable bonds is 4. The molecule has 11 nitrogen and oxygen atoms in total. The molecule has 0 aliphatic carbocycles. The minimum Gasteiger partial charge on any atom is -0.367 e. The van der Waals surface area contributed by atoms with E-state index in [0.717, 1.165) is 12.7 Å². The Hall–Kier alpha value is -2.45. The average Bonchev–Trinajstić information content (AvgIpc) is 3.18. The second-order valence-corrected chi connectivity index (χ2v) is 10.2. The predicted octanol–water partition coefficient (Wildman–Crippen LogP) is -0.815. The monoisotopic (exact) mass is 507 g/mol. The molecule has 4 saturated heterocycles. The van der Waals surface area contributed by atoms with Gasteiger partial charge >= 0.3 is 0 Å². The van der Waals surface area contributed by atoms with Gasteiger partial charge in [-0.3, -0.25) is 19.9 Å². The fourth-order valence-electron chi connectivity index (χ4n) is 5.78. The molecule has 0 aromatic carbocycles. The molecule has 5 heterocycles. The van der Waals surface area contributed by atoms with Crippen molar-refractivity contribution in [3.63, 3.8) is 0 Å². The minimum atomic E-state index is -1.06. The molecule has 0 bridgehead atoms. The Morgan fingerprint density at radius 2 is 1.94 bits per heavy atom. The Bertz CT molecular complexity index is 977. The number of aromatic nitrogens is 1. The first-order chi connectivity index (χ1) is 17.3. The first kappa shape index (κ1) is 25.2. The Morgan fingerprint density at radius 3 is 2.69 bits per heavy atom. The van der Waals surface area contributed by atoms with Crippen LogP contribution in [0.15, 0.2) is 12.4 Å². The maximum Gasteiger partial charge on any atom is 0.233 e. The molecule has 36 heavy (non-hydrogen) atoms. The van der Waals surface area contributed by atoms with Crippen molar-refractivity contribution in [1.82, 2.24) is 31.0 Å². The van der Waals surface area contributed by atoms with E-state index < -0.39 is 36.1 Å². The van der Waals surface area contributed by atoms with Crippen LogP contribution in [0, 0.1) is 17.7 Å². The van der Waals surface area contributed by atoms with E-state index in [-0.39, 0.29) is 42.3 Å². The van der Waals surface area contributed by atoms with E-state index in [1.807, 2.05) is 9.80 Å². The molecule has 198 valence electrons. The van der Waals surface area contributed by atoms with Crippen molar-refractivity contribution in [2.75, 3.05) is 56.0 Å². The molecule has 13 heteroatoms. The molecule has 4 aliphatic heterocycles. The van der Waals surface area contributed by atoms with Crippen LogP contribution in [0.25, 0.3) is 0 Å². The number of halogens is 2. The van der Waals surface area contributed by atoms with Crippen LogP contribution in [0.4, 0.5) is 20.2 Å². The number of hydrazine groups is 1. The van der Waals surface area contributed by atoms with Crippen molar-refractivity contribution in [3.8, 4) is 0 Å². The van der Waals surface area contributed by atoms with Crippen molar-refractivity contribution in [1.29, 1.82) is 0 Å². The highest BCUT2D eigenvalue weighted by atomic mass is 19.1. The van der Waals surface area contributed by atoms with Gasteiger partial charge in [0.25, 0.3) is 0 Å². The van der Waals surface area contributed by atoms with Crippen molar-refractivity contribution < 1.29 is 18.4 Å². The van der Waals surface area contributed by atoms with E-state index in [4.69, 9.17) is 5.73 Å². The number of carbonyl (C=O) groups excluding carboxylic acids is 2. The topological polar surface area (TPSA) is 131 Å². The lowest BCUT2D eigenvalue weighted by molar-refractivity contribution is -0.137. The zero-order valence-corrected chi connectivity index (χ0v) is 20.4. The van der Waals surface area contributed by atoms with Crippen molar-refractivity contribution in [2.45, 2.75) is 44.3 Å².